The van der Waals surface area contributed by atoms with E-state index < -0.39 is 11.9 Å². The largest absolute Gasteiger partial charge is 0.467 e. The minimum Gasteiger partial charge on any atom is -0.467 e. The maximum absolute atomic E-state index is 11.4. The van der Waals surface area contributed by atoms with Crippen molar-refractivity contribution < 1.29 is 14.3 Å². The van der Waals surface area contributed by atoms with Crippen LogP contribution >= 0.6 is 15.9 Å². The Labute approximate surface area is 122 Å². The molecule has 0 atom stereocenters. The predicted octanol–water partition coefficient (Wildman–Crippen LogP) is 1.23. The van der Waals surface area contributed by atoms with E-state index in [9.17, 15) is 9.59 Å². The van der Waals surface area contributed by atoms with Crippen LogP contribution in [0.25, 0.3) is 10.9 Å². The molecule has 0 saturated carbocycles. The molecule has 0 saturated heterocycles. The number of hydrogen-bond donors (Lipinski definition) is 2. The van der Waals surface area contributed by atoms with Crippen LogP contribution in [0.4, 0.5) is 4.79 Å². The first-order valence-electron chi connectivity index (χ1n) is 5.65. The molecule has 20 heavy (non-hydrogen) atoms. The van der Waals surface area contributed by atoms with Crippen LogP contribution in [0.2, 0.25) is 0 Å². The van der Waals surface area contributed by atoms with Gasteiger partial charge in [0.25, 0.3) is 5.91 Å². The van der Waals surface area contributed by atoms with Gasteiger partial charge < -0.3 is 10.1 Å². The number of amides is 3. The van der Waals surface area contributed by atoms with Crippen molar-refractivity contribution in [3.8, 4) is 5.88 Å². The third kappa shape index (κ3) is 3.41. The van der Waals surface area contributed by atoms with Gasteiger partial charge in [0.15, 0.2) is 6.61 Å². The number of nitrogens with one attached hydrogen (secondary N) is 2. The Morgan fingerprint density at radius 1 is 1.35 bits per heavy atom. The number of urea groups is 1. The third-order valence-corrected chi connectivity index (χ3v) is 2.87. The maximum atomic E-state index is 11.4. The highest BCUT2D eigenvalue weighted by atomic mass is 79.9. The van der Waals surface area contributed by atoms with Crippen LogP contribution in [0.3, 0.4) is 0 Å². The average molecular weight is 339 g/mol. The lowest BCUT2D eigenvalue weighted by atomic mass is 10.2. The number of halogens is 1. The molecule has 0 aliphatic carbocycles. The zero-order valence-corrected chi connectivity index (χ0v) is 12.1. The van der Waals surface area contributed by atoms with Gasteiger partial charge in [-0.3, -0.25) is 10.1 Å². The van der Waals surface area contributed by atoms with E-state index in [-0.39, 0.29) is 12.5 Å². The van der Waals surface area contributed by atoms with Gasteiger partial charge in [-0.05, 0) is 18.2 Å². The van der Waals surface area contributed by atoms with E-state index in [1.165, 1.54) is 13.4 Å². The lowest BCUT2D eigenvalue weighted by Crippen LogP contribution is -2.40. The number of imide groups is 1. The highest BCUT2D eigenvalue weighted by Crippen LogP contribution is 2.24. The molecular weight excluding hydrogens is 328 g/mol. The second kappa shape index (κ2) is 6.29. The second-order valence-corrected chi connectivity index (χ2v) is 4.67. The molecule has 8 heteroatoms. The molecule has 104 valence electrons. The Balaban J connectivity index is 2.12. The first kappa shape index (κ1) is 14.2. The van der Waals surface area contributed by atoms with Crippen LogP contribution in [0, 0.1) is 0 Å². The number of rotatable bonds is 3. The van der Waals surface area contributed by atoms with Crippen molar-refractivity contribution in [2.24, 2.45) is 0 Å². The number of nitrogens with zero attached hydrogens (tertiary/aromatic N) is 2. The van der Waals surface area contributed by atoms with E-state index in [0.717, 1.165) is 4.47 Å². The fraction of sp³-hybridized carbons (Fsp3) is 0.167. The normalized spacial score (nSPS) is 10.1. The number of carbonyl (C=O) groups excluding carboxylic acids is 2. The highest BCUT2D eigenvalue weighted by Gasteiger charge is 2.10. The Morgan fingerprint density at radius 2 is 2.15 bits per heavy atom. The van der Waals surface area contributed by atoms with Crippen LogP contribution in [0.15, 0.2) is 29.0 Å². The number of ether oxygens (including phenoxy) is 1. The number of benzene rings is 1. The minimum atomic E-state index is -0.589. The molecule has 3 amide bonds. The van der Waals surface area contributed by atoms with Gasteiger partial charge in [0.1, 0.15) is 6.33 Å². The lowest BCUT2D eigenvalue weighted by Gasteiger charge is -2.07. The smallest absolute Gasteiger partial charge is 0.321 e. The highest BCUT2D eigenvalue weighted by molar-refractivity contribution is 9.10. The maximum Gasteiger partial charge on any atom is 0.321 e. The summed E-state index contributed by atoms with van der Waals surface area (Å²) in [5, 5.41) is 5.04. The SMILES string of the molecule is CNC(=O)NC(=O)COc1ncnc2ccc(Br)cc12. The first-order chi connectivity index (χ1) is 9.60. The minimum absolute atomic E-state index is 0.281. The summed E-state index contributed by atoms with van der Waals surface area (Å²) in [6.45, 7) is -0.313. The molecule has 0 unspecified atom stereocenters. The number of hydrogen-bond acceptors (Lipinski definition) is 5. The molecule has 0 aliphatic rings. The summed E-state index contributed by atoms with van der Waals surface area (Å²) in [6, 6.07) is 4.85. The molecule has 0 spiro atoms. The van der Waals surface area contributed by atoms with Crippen LogP contribution in [-0.2, 0) is 4.79 Å². The van der Waals surface area contributed by atoms with Crippen molar-refractivity contribution in [2.75, 3.05) is 13.7 Å². The van der Waals surface area contributed by atoms with E-state index in [4.69, 9.17) is 4.74 Å². The number of aromatic nitrogens is 2. The van der Waals surface area contributed by atoms with Crippen molar-refractivity contribution in [2.45, 2.75) is 0 Å². The topological polar surface area (TPSA) is 93.2 Å². The molecule has 7 nitrogen and oxygen atoms in total. The fourth-order valence-electron chi connectivity index (χ4n) is 1.48. The average Bonchev–Trinajstić information content (AvgIpc) is 2.44. The zero-order chi connectivity index (χ0) is 14.5. The molecular formula is C12H11BrN4O3. The van der Waals surface area contributed by atoms with Gasteiger partial charge in [0, 0.05) is 11.5 Å². The Hall–Kier alpha value is -2.22. The van der Waals surface area contributed by atoms with E-state index in [1.54, 1.807) is 12.1 Å². The number of carbonyl (C=O) groups is 2. The molecule has 2 rings (SSSR count). The van der Waals surface area contributed by atoms with Crippen LogP contribution in [0.1, 0.15) is 0 Å². The number of fused-ring (bicyclic) bond motifs is 1. The van der Waals surface area contributed by atoms with E-state index >= 15 is 0 Å². The second-order valence-electron chi connectivity index (χ2n) is 3.76. The van der Waals surface area contributed by atoms with Crippen molar-refractivity contribution >= 4 is 38.8 Å². The standard InChI is InChI=1S/C12H11BrN4O3/c1-14-12(19)17-10(18)5-20-11-8-4-7(13)2-3-9(8)15-6-16-11/h2-4,6H,5H2,1H3,(H2,14,17,18,19). The molecule has 1 aromatic carbocycles. The first-order valence-corrected chi connectivity index (χ1v) is 6.44. The molecule has 1 aromatic heterocycles. The monoisotopic (exact) mass is 338 g/mol. The summed E-state index contributed by atoms with van der Waals surface area (Å²) in [4.78, 5) is 30.5. The van der Waals surface area contributed by atoms with Crippen molar-refractivity contribution in [1.82, 2.24) is 20.6 Å². The summed E-state index contributed by atoms with van der Waals surface area (Å²) in [5.74, 6) is -0.283. The fourth-order valence-corrected chi connectivity index (χ4v) is 1.84. The molecule has 0 aliphatic heterocycles. The summed E-state index contributed by atoms with van der Waals surface area (Å²) in [7, 11) is 1.42. The Kier molecular flexibility index (Phi) is 4.46. The predicted molar refractivity (Wildman–Crippen MR) is 75.3 cm³/mol. The van der Waals surface area contributed by atoms with Gasteiger partial charge in [0.2, 0.25) is 5.88 Å². The summed E-state index contributed by atoms with van der Waals surface area (Å²) in [5.41, 5.74) is 0.699. The zero-order valence-electron chi connectivity index (χ0n) is 10.5. The van der Waals surface area contributed by atoms with Crippen LogP contribution in [-0.4, -0.2) is 35.6 Å². The molecule has 0 radical (unpaired) electrons. The van der Waals surface area contributed by atoms with Gasteiger partial charge in [-0.2, -0.15) is 0 Å². The molecule has 0 fully saturated rings. The summed E-state index contributed by atoms with van der Waals surface area (Å²) >= 11 is 3.35. The molecule has 0 bridgehead atoms. The van der Waals surface area contributed by atoms with Gasteiger partial charge in [-0.1, -0.05) is 15.9 Å². The lowest BCUT2D eigenvalue weighted by molar-refractivity contribution is -0.122. The van der Waals surface area contributed by atoms with Gasteiger partial charge in [0.05, 0.1) is 10.9 Å². The molecule has 1 heterocycles. The van der Waals surface area contributed by atoms with Crippen LogP contribution in [0.5, 0.6) is 5.88 Å². The van der Waals surface area contributed by atoms with Crippen molar-refractivity contribution in [3.63, 3.8) is 0 Å². The van der Waals surface area contributed by atoms with E-state index in [2.05, 4.69) is 36.5 Å². The summed E-state index contributed by atoms with van der Waals surface area (Å²) < 4.78 is 6.16. The van der Waals surface area contributed by atoms with Crippen molar-refractivity contribution in [1.29, 1.82) is 0 Å². The van der Waals surface area contributed by atoms with Gasteiger partial charge in [-0.15, -0.1) is 0 Å². The third-order valence-electron chi connectivity index (χ3n) is 2.38. The Morgan fingerprint density at radius 3 is 2.90 bits per heavy atom. The quantitative estimate of drug-likeness (QED) is 0.877. The Bertz CT molecular complexity index is 662. The summed E-state index contributed by atoms with van der Waals surface area (Å²) in [6.07, 6.45) is 1.35. The molecule has 2 N–H and O–H groups in total. The molecule has 2 aromatic rings. The van der Waals surface area contributed by atoms with Gasteiger partial charge in [-0.25, -0.2) is 14.8 Å². The van der Waals surface area contributed by atoms with Crippen LogP contribution < -0.4 is 15.4 Å². The van der Waals surface area contributed by atoms with Crippen molar-refractivity contribution in [3.05, 3.63) is 29.0 Å². The van der Waals surface area contributed by atoms with E-state index in [1.807, 2.05) is 6.07 Å². The van der Waals surface area contributed by atoms with E-state index in [0.29, 0.717) is 10.9 Å². The van der Waals surface area contributed by atoms with Gasteiger partial charge >= 0.3 is 6.03 Å².